The number of carboxylic acid groups (broad SMARTS) is 2. The van der Waals surface area contributed by atoms with Crippen LogP contribution in [0, 0.1) is 0 Å². The molecule has 0 unspecified atom stereocenters. The van der Waals surface area contributed by atoms with Gasteiger partial charge in [-0.05, 0) is 0 Å². The van der Waals surface area contributed by atoms with E-state index in [0.29, 0.717) is 4.48 Å². The molecule has 1 N–H and O–H groups in total. The number of hydrogen-bond donors (Lipinski definition) is 1. The van der Waals surface area contributed by atoms with Gasteiger partial charge in [-0.1, -0.05) is 0 Å². The van der Waals surface area contributed by atoms with Crippen LogP contribution < -0.4 is 5.11 Å². The van der Waals surface area contributed by atoms with Gasteiger partial charge in [-0.25, -0.2) is 4.79 Å². The molecule has 0 aromatic carbocycles. The number of carbonyl (C=O) groups excluding carboxylic acids is 1. The van der Waals surface area contributed by atoms with Crippen LogP contribution in [0.1, 0.15) is 0 Å². The summed E-state index contributed by atoms with van der Waals surface area (Å²) in [6.07, 6.45) is 0. The predicted octanol–water partition coefficient (Wildman–Crippen LogP) is -1.86. The van der Waals surface area contributed by atoms with Crippen molar-refractivity contribution in [2.75, 3.05) is 27.7 Å². The van der Waals surface area contributed by atoms with Crippen molar-refractivity contribution in [2.24, 2.45) is 0 Å². The first kappa shape index (κ1) is 12.6. The summed E-state index contributed by atoms with van der Waals surface area (Å²) in [5.41, 5.74) is 0. The summed E-state index contributed by atoms with van der Waals surface area (Å²) in [6, 6.07) is 0. The molecule has 0 bridgehead atoms. The van der Waals surface area contributed by atoms with Gasteiger partial charge in [0.1, 0.15) is 0 Å². The Morgan fingerprint density at radius 1 is 1.55 bits per heavy atom. The maximum Gasteiger partial charge on any atom is 0.359 e. The second kappa shape index (κ2) is 5.67. The van der Waals surface area contributed by atoms with E-state index in [4.69, 9.17) is 15.0 Å². The second-order valence-electron chi connectivity index (χ2n) is 2.94. The zero-order chi connectivity index (χ0) is 9.49. The Hall–Kier alpha value is -1.10. The molecule has 0 atom stereocenters. The maximum absolute atomic E-state index is 10.00. The van der Waals surface area contributed by atoms with E-state index < -0.39 is 12.4 Å². The van der Waals surface area contributed by atoms with Crippen LogP contribution >= 0.6 is 0 Å². The molecule has 0 aromatic heterocycles. The SMILES string of the molecule is C[N+](C)(C)CC(=O)O.O=C[O-]. The lowest BCUT2D eigenvalue weighted by Crippen LogP contribution is -2.39. The standard InChI is InChI=1S/C5H11NO2.CH2O2/c1-6(2,3)4-5(7)8;2-1-3/h4H2,1-3H3;1H,(H,2,3). The Balaban J connectivity index is 0. The average molecular weight is 163 g/mol. The summed E-state index contributed by atoms with van der Waals surface area (Å²) in [6.45, 7) is -0.319. The van der Waals surface area contributed by atoms with Gasteiger partial charge in [0, 0.05) is 6.47 Å². The van der Waals surface area contributed by atoms with Crippen LogP contribution in [0.5, 0.6) is 0 Å². The normalized spacial score (nSPS) is 9.36. The molecule has 0 fully saturated rings. The van der Waals surface area contributed by atoms with Crippen molar-refractivity contribution >= 4 is 12.4 Å². The fourth-order valence-corrected chi connectivity index (χ4v) is 0.406. The number of aliphatic carboxylic acids is 1. The van der Waals surface area contributed by atoms with Gasteiger partial charge >= 0.3 is 5.97 Å². The minimum absolute atomic E-state index is 0.181. The van der Waals surface area contributed by atoms with Crippen LogP contribution in [0.15, 0.2) is 0 Å². The van der Waals surface area contributed by atoms with Crippen molar-refractivity contribution in [1.29, 1.82) is 0 Å². The summed E-state index contributed by atoms with van der Waals surface area (Å²) in [7, 11) is 5.52. The zero-order valence-electron chi connectivity index (χ0n) is 6.90. The van der Waals surface area contributed by atoms with E-state index >= 15 is 0 Å². The number of likely N-dealkylation sites (N-methyl/N-ethyl adjacent to an activating group) is 1. The Morgan fingerprint density at radius 3 is 1.82 bits per heavy atom. The summed E-state index contributed by atoms with van der Waals surface area (Å²) >= 11 is 0. The van der Waals surface area contributed by atoms with Crippen molar-refractivity contribution in [3.05, 3.63) is 0 Å². The first-order valence-electron chi connectivity index (χ1n) is 2.91. The summed E-state index contributed by atoms with van der Waals surface area (Å²) in [5.74, 6) is -0.752. The maximum atomic E-state index is 10.00. The molecule has 0 aliphatic rings. The molecule has 5 nitrogen and oxygen atoms in total. The van der Waals surface area contributed by atoms with Gasteiger partial charge in [0.25, 0.3) is 0 Å². The van der Waals surface area contributed by atoms with Crippen LogP contribution in [0.3, 0.4) is 0 Å². The molecular weight excluding hydrogens is 150 g/mol. The van der Waals surface area contributed by atoms with Gasteiger partial charge in [0.15, 0.2) is 6.54 Å². The molecule has 0 saturated heterocycles. The van der Waals surface area contributed by atoms with E-state index in [9.17, 15) is 4.79 Å². The molecule has 0 spiro atoms. The molecule has 66 valence electrons. The fourth-order valence-electron chi connectivity index (χ4n) is 0.406. The van der Waals surface area contributed by atoms with Gasteiger partial charge in [-0.15, -0.1) is 0 Å². The van der Waals surface area contributed by atoms with Crippen molar-refractivity contribution in [3.8, 4) is 0 Å². The minimum atomic E-state index is -0.752. The third kappa shape index (κ3) is 27.9. The third-order valence-electron chi connectivity index (χ3n) is 0.610. The Labute approximate surface area is 65.5 Å². The smallest absolute Gasteiger partial charge is 0.359 e. The highest BCUT2D eigenvalue weighted by Gasteiger charge is 2.11. The third-order valence-corrected chi connectivity index (χ3v) is 0.610. The van der Waals surface area contributed by atoms with E-state index in [1.54, 1.807) is 0 Å². The summed E-state index contributed by atoms with van der Waals surface area (Å²) < 4.78 is 0.481. The molecule has 0 amide bonds. The first-order chi connectivity index (χ1) is 4.83. The first-order valence-corrected chi connectivity index (χ1v) is 2.91. The van der Waals surface area contributed by atoms with Crippen molar-refractivity contribution < 1.29 is 24.3 Å². The van der Waals surface area contributed by atoms with Crippen LogP contribution in [-0.4, -0.2) is 49.7 Å². The van der Waals surface area contributed by atoms with Gasteiger partial charge in [-0.3, -0.25) is 0 Å². The van der Waals surface area contributed by atoms with Crippen LogP contribution in [0.4, 0.5) is 0 Å². The monoisotopic (exact) mass is 163 g/mol. The van der Waals surface area contributed by atoms with Crippen molar-refractivity contribution in [2.45, 2.75) is 0 Å². The van der Waals surface area contributed by atoms with E-state index in [0.717, 1.165) is 0 Å². The molecule has 0 radical (unpaired) electrons. The largest absolute Gasteiger partial charge is 0.554 e. The van der Waals surface area contributed by atoms with Crippen LogP contribution in [0.25, 0.3) is 0 Å². The topological polar surface area (TPSA) is 77.4 Å². The minimum Gasteiger partial charge on any atom is -0.554 e. The van der Waals surface area contributed by atoms with Crippen molar-refractivity contribution in [3.63, 3.8) is 0 Å². The lowest BCUT2D eigenvalue weighted by atomic mass is 10.5. The molecule has 0 aliphatic heterocycles. The summed E-state index contributed by atoms with van der Waals surface area (Å²) in [5, 5.41) is 16.5. The lowest BCUT2D eigenvalue weighted by molar-refractivity contribution is -0.862. The quantitative estimate of drug-likeness (QED) is 0.382. The highest BCUT2D eigenvalue weighted by Crippen LogP contribution is 1.86. The van der Waals surface area contributed by atoms with E-state index in [1.165, 1.54) is 0 Å². The van der Waals surface area contributed by atoms with E-state index in [1.807, 2.05) is 21.1 Å². The molecule has 0 heterocycles. The fraction of sp³-hybridized carbons (Fsp3) is 0.667. The van der Waals surface area contributed by atoms with E-state index in [-0.39, 0.29) is 6.54 Å². The number of rotatable bonds is 2. The highest BCUT2D eigenvalue weighted by molar-refractivity contribution is 5.67. The molecular formula is C6H13NO4. The second-order valence-corrected chi connectivity index (χ2v) is 2.94. The lowest BCUT2D eigenvalue weighted by Gasteiger charge is -2.20. The van der Waals surface area contributed by atoms with Gasteiger partial charge in [0.2, 0.25) is 0 Å². The highest BCUT2D eigenvalue weighted by atomic mass is 16.4. The van der Waals surface area contributed by atoms with Gasteiger partial charge in [0.05, 0.1) is 21.1 Å². The Kier molecular flexibility index (Phi) is 6.47. The molecule has 0 aliphatic carbocycles. The van der Waals surface area contributed by atoms with Gasteiger partial charge in [-0.2, -0.15) is 0 Å². The average Bonchev–Trinajstić information content (AvgIpc) is 1.57. The van der Waals surface area contributed by atoms with Crippen LogP contribution in [0.2, 0.25) is 0 Å². The molecule has 0 rings (SSSR count). The molecule has 5 heteroatoms. The number of carboxylic acids is 1. The number of carbonyl (C=O) groups is 2. The number of hydrogen-bond acceptors (Lipinski definition) is 3. The van der Waals surface area contributed by atoms with Crippen molar-refractivity contribution in [1.82, 2.24) is 0 Å². The number of nitrogens with zero attached hydrogens (tertiary/aromatic N) is 1. The summed E-state index contributed by atoms with van der Waals surface area (Å²) in [4.78, 5) is 18.2. The molecule has 0 saturated carbocycles. The van der Waals surface area contributed by atoms with E-state index in [2.05, 4.69) is 0 Å². The Bertz CT molecular complexity index is 127. The molecule has 0 aromatic rings. The Morgan fingerprint density at radius 2 is 1.82 bits per heavy atom. The van der Waals surface area contributed by atoms with Crippen LogP contribution in [-0.2, 0) is 9.59 Å². The predicted molar refractivity (Wildman–Crippen MR) is 36.6 cm³/mol. The van der Waals surface area contributed by atoms with Gasteiger partial charge < -0.3 is 19.5 Å². The zero-order valence-corrected chi connectivity index (χ0v) is 6.90. The number of quaternary nitrogens is 1. The molecule has 11 heavy (non-hydrogen) atoms.